The molecule has 0 radical (unpaired) electrons. The molecule has 1 aromatic rings. The number of rotatable bonds is 3. The third-order valence-corrected chi connectivity index (χ3v) is 2.42. The first-order chi connectivity index (χ1) is 6.99. The van der Waals surface area contributed by atoms with E-state index < -0.39 is 22.6 Å². The summed E-state index contributed by atoms with van der Waals surface area (Å²) in [5, 5.41) is 10.6. The lowest BCUT2D eigenvalue weighted by Gasteiger charge is -2.08. The zero-order chi connectivity index (χ0) is 11.6. The maximum absolute atomic E-state index is 12.6. The third-order valence-electron chi connectivity index (χ3n) is 1.63. The van der Waals surface area contributed by atoms with E-state index in [4.69, 9.17) is 0 Å². The summed E-state index contributed by atoms with van der Waals surface area (Å²) in [6, 6.07) is 0. The summed E-state index contributed by atoms with van der Waals surface area (Å²) in [7, 11) is 1.15. The number of methoxy groups -OCH3 is 1. The highest BCUT2D eigenvalue weighted by molar-refractivity contribution is 14.1. The normalized spacial score (nSPS) is 10.5. The number of nitrogens with zero attached hydrogens (tertiary/aromatic N) is 2. The lowest BCUT2D eigenvalue weighted by atomic mass is 10.2. The molecule has 0 N–H and O–H groups in total. The second-order valence-corrected chi connectivity index (χ2v) is 3.46. The first kappa shape index (κ1) is 12.0. The van der Waals surface area contributed by atoms with Gasteiger partial charge < -0.3 is 4.74 Å². The molecule has 0 spiro atoms. The van der Waals surface area contributed by atoms with Crippen molar-refractivity contribution >= 4 is 28.3 Å². The number of pyridine rings is 1. The molecule has 0 aliphatic carbocycles. The molecule has 1 heterocycles. The molecule has 15 heavy (non-hydrogen) atoms. The van der Waals surface area contributed by atoms with Crippen molar-refractivity contribution in [1.82, 2.24) is 4.98 Å². The Morgan fingerprint density at radius 1 is 1.67 bits per heavy atom. The van der Waals surface area contributed by atoms with Crippen molar-refractivity contribution in [2.75, 3.05) is 7.11 Å². The van der Waals surface area contributed by atoms with Gasteiger partial charge in [-0.15, -0.1) is 0 Å². The molecule has 0 saturated heterocycles. The zero-order valence-corrected chi connectivity index (χ0v) is 9.57. The SMILES string of the molecule is COc1cnc(I)c([N+](=O)[O-])c1C(F)F. The average Bonchev–Trinajstić information content (AvgIpc) is 2.16. The Morgan fingerprint density at radius 2 is 2.27 bits per heavy atom. The molecule has 0 aliphatic heterocycles. The largest absolute Gasteiger partial charge is 0.494 e. The summed E-state index contributed by atoms with van der Waals surface area (Å²) in [5.74, 6) is -0.280. The molecule has 0 amide bonds. The molecule has 1 rings (SSSR count). The van der Waals surface area contributed by atoms with Crippen LogP contribution in [0.3, 0.4) is 0 Å². The molecule has 5 nitrogen and oxygen atoms in total. The van der Waals surface area contributed by atoms with Gasteiger partial charge in [-0.2, -0.15) is 0 Å². The highest BCUT2D eigenvalue weighted by Gasteiger charge is 2.30. The van der Waals surface area contributed by atoms with Gasteiger partial charge >= 0.3 is 5.69 Å². The van der Waals surface area contributed by atoms with Crippen molar-refractivity contribution in [3.05, 3.63) is 25.6 Å². The molecule has 1 aromatic heterocycles. The molecule has 82 valence electrons. The average molecular weight is 330 g/mol. The van der Waals surface area contributed by atoms with Gasteiger partial charge in [0, 0.05) is 0 Å². The summed E-state index contributed by atoms with van der Waals surface area (Å²) in [6.45, 7) is 0. The van der Waals surface area contributed by atoms with E-state index in [2.05, 4.69) is 9.72 Å². The molecule has 0 fully saturated rings. The minimum Gasteiger partial charge on any atom is -0.494 e. The van der Waals surface area contributed by atoms with Crippen LogP contribution in [0.1, 0.15) is 12.0 Å². The summed E-state index contributed by atoms with van der Waals surface area (Å²) < 4.78 is 29.7. The monoisotopic (exact) mass is 330 g/mol. The molecule has 0 saturated carbocycles. The minimum atomic E-state index is -2.98. The second-order valence-electron chi connectivity index (χ2n) is 2.44. The summed E-state index contributed by atoms with van der Waals surface area (Å²) in [4.78, 5) is 13.3. The molecule has 0 aromatic carbocycles. The van der Waals surface area contributed by atoms with Crippen molar-refractivity contribution in [3.63, 3.8) is 0 Å². The molecule has 0 atom stereocenters. The first-order valence-electron chi connectivity index (χ1n) is 3.64. The van der Waals surface area contributed by atoms with E-state index >= 15 is 0 Å². The topological polar surface area (TPSA) is 65.3 Å². The van der Waals surface area contributed by atoms with Crippen LogP contribution in [0.15, 0.2) is 6.20 Å². The standard InChI is InChI=1S/C7H5F2IN2O3/c1-15-3-2-11-7(10)5(12(13)14)4(3)6(8)9/h2,6H,1H3. The maximum Gasteiger partial charge on any atom is 0.313 e. The Bertz CT molecular complexity index is 400. The van der Waals surface area contributed by atoms with Crippen molar-refractivity contribution in [3.8, 4) is 5.75 Å². The Labute approximate surface area is 96.7 Å². The summed E-state index contributed by atoms with van der Waals surface area (Å²) in [5.41, 5.74) is -1.44. The Balaban J connectivity index is 3.51. The predicted molar refractivity (Wildman–Crippen MR) is 55.1 cm³/mol. The Morgan fingerprint density at radius 3 is 2.67 bits per heavy atom. The first-order valence-corrected chi connectivity index (χ1v) is 4.71. The molecule has 8 heteroatoms. The zero-order valence-electron chi connectivity index (χ0n) is 7.41. The van der Waals surface area contributed by atoms with E-state index in [9.17, 15) is 18.9 Å². The van der Waals surface area contributed by atoms with E-state index in [0.717, 1.165) is 13.3 Å². The third kappa shape index (κ3) is 2.30. The fourth-order valence-electron chi connectivity index (χ4n) is 1.02. The van der Waals surface area contributed by atoms with Crippen LogP contribution in [0.4, 0.5) is 14.5 Å². The van der Waals surface area contributed by atoms with E-state index in [1.54, 1.807) is 0 Å². The van der Waals surface area contributed by atoms with Crippen LogP contribution >= 0.6 is 22.6 Å². The van der Waals surface area contributed by atoms with Gasteiger partial charge in [0.05, 0.1) is 18.2 Å². The van der Waals surface area contributed by atoms with Gasteiger partial charge in [0.2, 0.25) is 0 Å². The lowest BCUT2D eigenvalue weighted by molar-refractivity contribution is -0.387. The van der Waals surface area contributed by atoms with Gasteiger partial charge in [-0.3, -0.25) is 10.1 Å². The van der Waals surface area contributed by atoms with Gasteiger partial charge in [0.1, 0.15) is 5.56 Å². The summed E-state index contributed by atoms with van der Waals surface area (Å²) >= 11 is 1.53. The highest BCUT2D eigenvalue weighted by Crippen LogP contribution is 2.38. The molecule has 0 unspecified atom stereocenters. The summed E-state index contributed by atoms with van der Waals surface area (Å²) in [6.07, 6.45) is -1.94. The van der Waals surface area contributed by atoms with Crippen LogP contribution in [0.2, 0.25) is 0 Å². The molecular weight excluding hydrogens is 325 g/mol. The van der Waals surface area contributed by atoms with E-state index in [0.29, 0.717) is 0 Å². The Kier molecular flexibility index (Phi) is 3.72. The van der Waals surface area contributed by atoms with Crippen LogP contribution in [-0.2, 0) is 0 Å². The molecular formula is C7H5F2IN2O3. The van der Waals surface area contributed by atoms with Crippen LogP contribution < -0.4 is 4.74 Å². The maximum atomic E-state index is 12.6. The van der Waals surface area contributed by atoms with Gasteiger partial charge in [-0.05, 0) is 22.6 Å². The van der Waals surface area contributed by atoms with E-state index in [1.165, 1.54) is 22.6 Å². The smallest absolute Gasteiger partial charge is 0.313 e. The van der Waals surface area contributed by atoms with Crippen molar-refractivity contribution in [1.29, 1.82) is 0 Å². The number of hydrogen-bond donors (Lipinski definition) is 0. The number of aromatic nitrogens is 1. The van der Waals surface area contributed by atoms with Crippen LogP contribution in [-0.4, -0.2) is 17.0 Å². The fourth-order valence-corrected chi connectivity index (χ4v) is 1.65. The number of hydrogen-bond acceptors (Lipinski definition) is 4. The molecule has 0 aliphatic rings. The molecule has 0 bridgehead atoms. The minimum absolute atomic E-state index is 0.0892. The highest BCUT2D eigenvalue weighted by atomic mass is 127. The Hall–Kier alpha value is -1.06. The van der Waals surface area contributed by atoms with Gasteiger partial charge in [-0.1, -0.05) is 0 Å². The number of nitro groups is 1. The van der Waals surface area contributed by atoms with Crippen molar-refractivity contribution in [2.24, 2.45) is 0 Å². The van der Waals surface area contributed by atoms with Crippen LogP contribution in [0, 0.1) is 13.8 Å². The second kappa shape index (κ2) is 4.64. The fraction of sp³-hybridized carbons (Fsp3) is 0.286. The van der Waals surface area contributed by atoms with Crippen molar-refractivity contribution < 1.29 is 18.4 Å². The van der Waals surface area contributed by atoms with Crippen LogP contribution in [0.25, 0.3) is 0 Å². The van der Waals surface area contributed by atoms with E-state index in [1.807, 2.05) is 0 Å². The number of alkyl halides is 2. The quantitative estimate of drug-likeness (QED) is 0.370. The lowest BCUT2D eigenvalue weighted by Crippen LogP contribution is -2.03. The number of ether oxygens (including phenoxy) is 1. The van der Waals surface area contributed by atoms with Crippen LogP contribution in [0.5, 0.6) is 5.75 Å². The predicted octanol–water partition coefficient (Wildman–Crippen LogP) is 2.54. The van der Waals surface area contributed by atoms with E-state index in [-0.39, 0.29) is 9.45 Å². The van der Waals surface area contributed by atoms with Gasteiger partial charge in [0.15, 0.2) is 9.45 Å². The van der Waals surface area contributed by atoms with Gasteiger partial charge in [0.25, 0.3) is 6.43 Å². The number of halogens is 3. The van der Waals surface area contributed by atoms with Crippen molar-refractivity contribution in [2.45, 2.75) is 6.43 Å². The van der Waals surface area contributed by atoms with Gasteiger partial charge in [-0.25, -0.2) is 13.8 Å².